The summed E-state index contributed by atoms with van der Waals surface area (Å²) in [6.07, 6.45) is 4.63. The van der Waals surface area contributed by atoms with Gasteiger partial charge in [0.2, 0.25) is 0 Å². The van der Waals surface area contributed by atoms with E-state index in [0.29, 0.717) is 28.2 Å². The van der Waals surface area contributed by atoms with Crippen LogP contribution in [0, 0.1) is 11.6 Å². The molecule has 0 unspecified atom stereocenters. The maximum atomic E-state index is 14.0. The molecule has 24 heavy (non-hydrogen) atoms. The normalized spacial score (nSPS) is 11.1. The van der Waals surface area contributed by atoms with Crippen LogP contribution in [0.2, 0.25) is 0 Å². The number of rotatable bonds is 2. The van der Waals surface area contributed by atoms with Gasteiger partial charge in [0, 0.05) is 24.0 Å². The predicted octanol–water partition coefficient (Wildman–Crippen LogP) is 2.74. The monoisotopic (exact) mass is 324 g/mol. The summed E-state index contributed by atoms with van der Waals surface area (Å²) in [7, 11) is 0. The smallest absolute Gasteiger partial charge is 0.163 e. The molecule has 6 nitrogen and oxygen atoms in total. The van der Waals surface area contributed by atoms with Crippen molar-refractivity contribution < 1.29 is 8.78 Å². The van der Waals surface area contributed by atoms with Gasteiger partial charge in [-0.2, -0.15) is 5.10 Å². The lowest BCUT2D eigenvalue weighted by Crippen LogP contribution is -2.01. The van der Waals surface area contributed by atoms with E-state index in [-0.39, 0.29) is 5.69 Å². The highest BCUT2D eigenvalue weighted by Crippen LogP contribution is 2.27. The van der Waals surface area contributed by atoms with Crippen LogP contribution in [-0.4, -0.2) is 24.7 Å². The summed E-state index contributed by atoms with van der Waals surface area (Å²) in [5, 5.41) is 4.80. The summed E-state index contributed by atoms with van der Waals surface area (Å²) < 4.78 is 28.5. The third-order valence-corrected chi connectivity index (χ3v) is 3.53. The second kappa shape index (κ2) is 5.34. The van der Waals surface area contributed by atoms with Crippen molar-refractivity contribution in [3.05, 3.63) is 60.6 Å². The summed E-state index contributed by atoms with van der Waals surface area (Å²) in [6, 6.07) is 6.58. The fourth-order valence-electron chi connectivity index (χ4n) is 2.46. The highest BCUT2D eigenvalue weighted by atomic mass is 19.1. The van der Waals surface area contributed by atoms with Crippen LogP contribution in [0.3, 0.4) is 0 Å². The van der Waals surface area contributed by atoms with E-state index in [1.165, 1.54) is 16.9 Å². The van der Waals surface area contributed by atoms with Crippen molar-refractivity contribution in [1.29, 1.82) is 0 Å². The number of nitrogens with zero attached hydrogens (tertiary/aromatic N) is 5. The van der Waals surface area contributed by atoms with E-state index >= 15 is 0 Å². The van der Waals surface area contributed by atoms with Gasteiger partial charge in [-0.1, -0.05) is 0 Å². The molecule has 0 bridgehead atoms. The Kier molecular flexibility index (Phi) is 3.16. The fourth-order valence-corrected chi connectivity index (χ4v) is 2.46. The van der Waals surface area contributed by atoms with Crippen molar-refractivity contribution >= 4 is 16.9 Å². The van der Waals surface area contributed by atoms with Gasteiger partial charge in [-0.15, -0.1) is 0 Å². The standard InChI is InChI=1S/C16H10F2N6/c17-9-1-2-13(12(18)7-9)24-16-11(8-22-24)10(3-5-21-16)15-20-6-4-14(19)23-15/h1-8H,(H2,19,20,23). The number of benzene rings is 1. The van der Waals surface area contributed by atoms with Crippen molar-refractivity contribution in [2.45, 2.75) is 0 Å². The Morgan fingerprint density at radius 2 is 1.83 bits per heavy atom. The van der Waals surface area contributed by atoms with E-state index in [1.54, 1.807) is 24.5 Å². The lowest BCUT2D eigenvalue weighted by Gasteiger charge is -2.06. The molecule has 0 amide bonds. The van der Waals surface area contributed by atoms with Crippen LogP contribution in [-0.2, 0) is 0 Å². The van der Waals surface area contributed by atoms with Gasteiger partial charge >= 0.3 is 0 Å². The van der Waals surface area contributed by atoms with Gasteiger partial charge in [0.25, 0.3) is 0 Å². The first-order valence-corrected chi connectivity index (χ1v) is 7.00. The van der Waals surface area contributed by atoms with Crippen LogP contribution in [0.5, 0.6) is 0 Å². The number of aromatic nitrogens is 5. The predicted molar refractivity (Wildman–Crippen MR) is 84.2 cm³/mol. The van der Waals surface area contributed by atoms with E-state index < -0.39 is 11.6 Å². The molecule has 8 heteroatoms. The molecule has 3 aromatic heterocycles. The van der Waals surface area contributed by atoms with E-state index in [2.05, 4.69) is 20.1 Å². The summed E-state index contributed by atoms with van der Waals surface area (Å²) in [5.74, 6) is -0.634. The number of anilines is 1. The molecule has 0 radical (unpaired) electrons. The largest absolute Gasteiger partial charge is 0.384 e. The Bertz CT molecular complexity index is 1060. The number of halogens is 2. The van der Waals surface area contributed by atoms with Crippen molar-refractivity contribution in [3.8, 4) is 17.1 Å². The Labute approximate surface area is 134 Å². The molecule has 0 spiro atoms. The van der Waals surface area contributed by atoms with Gasteiger partial charge in [-0.3, -0.25) is 0 Å². The molecule has 4 aromatic rings. The molecule has 0 aliphatic rings. The maximum absolute atomic E-state index is 14.0. The van der Waals surface area contributed by atoms with Crippen LogP contribution in [0.15, 0.2) is 48.9 Å². The molecule has 0 atom stereocenters. The van der Waals surface area contributed by atoms with E-state index in [9.17, 15) is 8.78 Å². The zero-order chi connectivity index (χ0) is 16.7. The minimum Gasteiger partial charge on any atom is -0.384 e. The third-order valence-electron chi connectivity index (χ3n) is 3.53. The molecular weight excluding hydrogens is 314 g/mol. The third kappa shape index (κ3) is 2.24. The second-order valence-electron chi connectivity index (χ2n) is 5.05. The number of fused-ring (bicyclic) bond motifs is 1. The molecule has 4 rings (SSSR count). The van der Waals surface area contributed by atoms with Crippen LogP contribution >= 0.6 is 0 Å². The molecule has 0 aliphatic carbocycles. The Hall–Kier alpha value is -3.42. The van der Waals surface area contributed by atoms with E-state index in [0.717, 1.165) is 12.1 Å². The Balaban J connectivity index is 1.94. The van der Waals surface area contributed by atoms with Gasteiger partial charge in [0.1, 0.15) is 17.3 Å². The van der Waals surface area contributed by atoms with Crippen LogP contribution in [0.4, 0.5) is 14.6 Å². The Morgan fingerprint density at radius 1 is 1.00 bits per heavy atom. The maximum Gasteiger partial charge on any atom is 0.163 e. The quantitative estimate of drug-likeness (QED) is 0.613. The fraction of sp³-hybridized carbons (Fsp3) is 0. The molecular formula is C16H10F2N6. The molecule has 1 aromatic carbocycles. The zero-order valence-electron chi connectivity index (χ0n) is 12.2. The van der Waals surface area contributed by atoms with Gasteiger partial charge in [0.05, 0.1) is 11.6 Å². The molecule has 0 saturated carbocycles. The first-order valence-electron chi connectivity index (χ1n) is 7.00. The van der Waals surface area contributed by atoms with Crippen molar-refractivity contribution in [1.82, 2.24) is 24.7 Å². The molecule has 0 fully saturated rings. The summed E-state index contributed by atoms with van der Waals surface area (Å²) in [6.45, 7) is 0. The highest BCUT2D eigenvalue weighted by Gasteiger charge is 2.15. The van der Waals surface area contributed by atoms with Crippen LogP contribution in [0.1, 0.15) is 0 Å². The van der Waals surface area contributed by atoms with E-state index in [4.69, 9.17) is 5.73 Å². The number of hydrogen-bond donors (Lipinski definition) is 1. The number of nitrogens with two attached hydrogens (primary N) is 1. The molecule has 2 N–H and O–H groups in total. The van der Waals surface area contributed by atoms with Gasteiger partial charge < -0.3 is 5.73 Å². The SMILES string of the molecule is Nc1ccnc(-c2ccnc3c2cnn3-c2ccc(F)cc2F)n1. The average Bonchev–Trinajstić information content (AvgIpc) is 2.99. The lowest BCUT2D eigenvalue weighted by molar-refractivity contribution is 0.574. The minimum absolute atomic E-state index is 0.101. The van der Waals surface area contributed by atoms with Crippen LogP contribution < -0.4 is 5.73 Å². The van der Waals surface area contributed by atoms with Crippen molar-refractivity contribution in [2.75, 3.05) is 5.73 Å². The average molecular weight is 324 g/mol. The molecule has 0 aliphatic heterocycles. The van der Waals surface area contributed by atoms with Crippen molar-refractivity contribution in [3.63, 3.8) is 0 Å². The first kappa shape index (κ1) is 14.2. The van der Waals surface area contributed by atoms with Crippen molar-refractivity contribution in [2.24, 2.45) is 0 Å². The summed E-state index contributed by atoms with van der Waals surface area (Å²) in [4.78, 5) is 12.6. The number of pyridine rings is 1. The number of hydrogen-bond acceptors (Lipinski definition) is 5. The number of nitrogen functional groups attached to an aromatic ring is 1. The first-order chi connectivity index (χ1) is 11.6. The van der Waals surface area contributed by atoms with Gasteiger partial charge in [-0.25, -0.2) is 28.4 Å². The van der Waals surface area contributed by atoms with Gasteiger partial charge in [-0.05, 0) is 24.3 Å². The van der Waals surface area contributed by atoms with Crippen LogP contribution in [0.25, 0.3) is 28.1 Å². The lowest BCUT2D eigenvalue weighted by atomic mass is 10.2. The summed E-state index contributed by atoms with van der Waals surface area (Å²) in [5.41, 5.74) is 6.87. The van der Waals surface area contributed by atoms with E-state index in [1.807, 2.05) is 0 Å². The molecule has 0 saturated heterocycles. The highest BCUT2D eigenvalue weighted by molar-refractivity contribution is 5.91. The molecule has 3 heterocycles. The topological polar surface area (TPSA) is 82.5 Å². The zero-order valence-corrected chi connectivity index (χ0v) is 12.2. The minimum atomic E-state index is -0.729. The van der Waals surface area contributed by atoms with Gasteiger partial charge in [0.15, 0.2) is 17.3 Å². The summed E-state index contributed by atoms with van der Waals surface area (Å²) >= 11 is 0. The second-order valence-corrected chi connectivity index (χ2v) is 5.05. The molecule has 118 valence electrons. The Morgan fingerprint density at radius 3 is 2.62 bits per heavy atom.